The van der Waals surface area contributed by atoms with Crippen LogP contribution in [-0.4, -0.2) is 21.9 Å². The van der Waals surface area contributed by atoms with Crippen LogP contribution in [0.25, 0.3) is 22.0 Å². The Morgan fingerprint density at radius 1 is 1.28 bits per heavy atom. The van der Waals surface area contributed by atoms with Gasteiger partial charge in [-0.2, -0.15) is 5.10 Å². The maximum absolute atomic E-state index is 6.02. The molecule has 0 aliphatic rings. The first kappa shape index (κ1) is 10.7. The van der Waals surface area contributed by atoms with Gasteiger partial charge in [0.05, 0.1) is 18.8 Å². The average Bonchev–Trinajstić information content (AvgIpc) is 2.98. The van der Waals surface area contributed by atoms with E-state index in [4.69, 9.17) is 10.5 Å². The molecule has 3 N–H and O–H groups in total. The molecule has 0 aliphatic heterocycles. The number of hydrogen-bond donors (Lipinski definition) is 2. The molecule has 0 bridgehead atoms. The number of fused-ring (bicyclic) bond motifs is 1. The first-order valence-corrected chi connectivity index (χ1v) is 5.64. The molecule has 0 spiro atoms. The molecular formula is C13H14N4O. The zero-order chi connectivity index (χ0) is 12.7. The van der Waals surface area contributed by atoms with Gasteiger partial charge in [0.2, 0.25) is 0 Å². The summed E-state index contributed by atoms with van der Waals surface area (Å²) in [5.41, 5.74) is 8.98. The molecule has 0 amide bonds. The number of H-pyrrole nitrogens is 1. The van der Waals surface area contributed by atoms with Gasteiger partial charge in [0, 0.05) is 24.2 Å². The van der Waals surface area contributed by atoms with Crippen LogP contribution in [0.2, 0.25) is 0 Å². The number of methoxy groups -OCH3 is 1. The van der Waals surface area contributed by atoms with E-state index in [2.05, 4.69) is 10.1 Å². The molecule has 0 atom stereocenters. The lowest BCUT2D eigenvalue weighted by atomic mass is 10.0. The fourth-order valence-electron chi connectivity index (χ4n) is 2.19. The Morgan fingerprint density at radius 3 is 2.78 bits per heavy atom. The van der Waals surface area contributed by atoms with Gasteiger partial charge in [0.1, 0.15) is 11.6 Å². The number of aromatic amines is 1. The second kappa shape index (κ2) is 3.80. The minimum atomic E-state index is 0.655. The highest BCUT2D eigenvalue weighted by Gasteiger charge is 2.13. The molecule has 0 saturated carbocycles. The first-order valence-electron chi connectivity index (χ1n) is 5.64. The van der Waals surface area contributed by atoms with Gasteiger partial charge in [0.25, 0.3) is 0 Å². The molecule has 3 rings (SSSR count). The number of nitrogens with one attached hydrogen (secondary N) is 1. The summed E-state index contributed by atoms with van der Waals surface area (Å²) in [7, 11) is 3.49. The number of nitrogens with zero attached hydrogens (tertiary/aromatic N) is 2. The summed E-state index contributed by atoms with van der Waals surface area (Å²) in [5, 5.41) is 5.25. The Bertz CT molecular complexity index is 711. The van der Waals surface area contributed by atoms with Gasteiger partial charge in [-0.25, -0.2) is 0 Å². The highest BCUT2D eigenvalue weighted by molar-refractivity contribution is 6.00. The highest BCUT2D eigenvalue weighted by atomic mass is 16.5. The van der Waals surface area contributed by atoms with Crippen molar-refractivity contribution in [3.8, 4) is 16.9 Å². The largest absolute Gasteiger partial charge is 0.495 e. The Balaban J connectivity index is 2.31. The third-order valence-electron chi connectivity index (χ3n) is 3.18. The van der Waals surface area contributed by atoms with E-state index in [0.29, 0.717) is 5.82 Å². The summed E-state index contributed by atoms with van der Waals surface area (Å²) in [6.07, 6.45) is 3.67. The van der Waals surface area contributed by atoms with Crippen LogP contribution in [0.5, 0.6) is 5.75 Å². The van der Waals surface area contributed by atoms with Gasteiger partial charge in [-0.1, -0.05) is 0 Å². The second-order valence-corrected chi connectivity index (χ2v) is 4.15. The van der Waals surface area contributed by atoms with Crippen molar-refractivity contribution < 1.29 is 4.74 Å². The van der Waals surface area contributed by atoms with Crippen molar-refractivity contribution in [1.82, 2.24) is 14.8 Å². The van der Waals surface area contributed by atoms with E-state index in [1.807, 2.05) is 31.4 Å². The Morgan fingerprint density at radius 2 is 2.11 bits per heavy atom. The Hall–Kier alpha value is -2.43. The van der Waals surface area contributed by atoms with E-state index < -0.39 is 0 Å². The first-order chi connectivity index (χ1) is 8.72. The van der Waals surface area contributed by atoms with Gasteiger partial charge in [-0.3, -0.25) is 4.68 Å². The van der Waals surface area contributed by atoms with Gasteiger partial charge in [-0.15, -0.1) is 0 Å². The van der Waals surface area contributed by atoms with Crippen LogP contribution in [0, 0.1) is 0 Å². The number of hydrogen-bond acceptors (Lipinski definition) is 3. The normalized spacial score (nSPS) is 11.0. The van der Waals surface area contributed by atoms with Crippen LogP contribution >= 0.6 is 0 Å². The van der Waals surface area contributed by atoms with E-state index in [-0.39, 0.29) is 0 Å². The fourth-order valence-corrected chi connectivity index (χ4v) is 2.19. The lowest BCUT2D eigenvalue weighted by molar-refractivity contribution is 0.419. The van der Waals surface area contributed by atoms with Crippen molar-refractivity contribution in [2.24, 2.45) is 7.05 Å². The quantitative estimate of drug-likeness (QED) is 0.723. The molecule has 0 saturated heterocycles. The maximum Gasteiger partial charge on any atom is 0.142 e. The summed E-state index contributed by atoms with van der Waals surface area (Å²) in [6.45, 7) is 0. The number of anilines is 1. The second-order valence-electron chi connectivity index (χ2n) is 4.15. The predicted molar refractivity (Wildman–Crippen MR) is 71.5 cm³/mol. The maximum atomic E-state index is 6.02. The van der Waals surface area contributed by atoms with E-state index >= 15 is 0 Å². The van der Waals surface area contributed by atoms with E-state index in [0.717, 1.165) is 27.8 Å². The highest BCUT2D eigenvalue weighted by Crippen LogP contribution is 2.35. The van der Waals surface area contributed by atoms with E-state index in [1.54, 1.807) is 18.0 Å². The van der Waals surface area contributed by atoms with Gasteiger partial charge < -0.3 is 15.5 Å². The van der Waals surface area contributed by atoms with Crippen molar-refractivity contribution in [2.45, 2.75) is 0 Å². The molecule has 0 radical (unpaired) electrons. The lowest BCUT2D eigenvalue weighted by Crippen LogP contribution is -1.98. The third kappa shape index (κ3) is 1.37. The number of benzene rings is 1. The van der Waals surface area contributed by atoms with Crippen LogP contribution in [0.4, 0.5) is 5.82 Å². The Labute approximate surface area is 104 Å². The summed E-state index contributed by atoms with van der Waals surface area (Å²) < 4.78 is 6.99. The van der Waals surface area contributed by atoms with Gasteiger partial charge in [-0.05, 0) is 23.8 Å². The van der Waals surface area contributed by atoms with Crippen LogP contribution in [-0.2, 0) is 7.05 Å². The fraction of sp³-hybridized carbons (Fsp3) is 0.154. The minimum Gasteiger partial charge on any atom is -0.495 e. The van der Waals surface area contributed by atoms with E-state index in [1.165, 1.54) is 0 Å². The molecule has 1 aromatic carbocycles. The standard InChI is InChI=1S/C13H14N4O/c1-17-13(14)10(7-16-17)8-3-4-11(18-2)12-9(8)5-6-15-12/h3-7,15H,14H2,1-2H3. The molecule has 0 aliphatic carbocycles. The molecule has 2 heterocycles. The van der Waals surface area contributed by atoms with Crippen LogP contribution < -0.4 is 10.5 Å². The molecule has 18 heavy (non-hydrogen) atoms. The SMILES string of the molecule is COc1ccc(-c2cnn(C)c2N)c2cc[nH]c12. The minimum absolute atomic E-state index is 0.655. The number of rotatable bonds is 2. The van der Waals surface area contributed by atoms with Crippen molar-refractivity contribution >= 4 is 16.7 Å². The Kier molecular flexibility index (Phi) is 2.26. The van der Waals surface area contributed by atoms with Crippen molar-refractivity contribution in [1.29, 1.82) is 0 Å². The zero-order valence-corrected chi connectivity index (χ0v) is 10.3. The molecule has 5 nitrogen and oxygen atoms in total. The smallest absolute Gasteiger partial charge is 0.142 e. The monoisotopic (exact) mass is 242 g/mol. The van der Waals surface area contributed by atoms with Crippen LogP contribution in [0.15, 0.2) is 30.6 Å². The topological polar surface area (TPSA) is 68.9 Å². The average molecular weight is 242 g/mol. The summed E-state index contributed by atoms with van der Waals surface area (Å²) in [5.74, 6) is 1.48. The van der Waals surface area contributed by atoms with Crippen molar-refractivity contribution in [3.05, 3.63) is 30.6 Å². The molecule has 2 aromatic heterocycles. The molecule has 0 fully saturated rings. The lowest BCUT2D eigenvalue weighted by Gasteiger charge is -2.06. The van der Waals surface area contributed by atoms with Crippen molar-refractivity contribution in [2.75, 3.05) is 12.8 Å². The molecule has 5 heteroatoms. The number of nitrogen functional groups attached to an aromatic ring is 1. The number of aromatic nitrogens is 3. The third-order valence-corrected chi connectivity index (χ3v) is 3.18. The number of ether oxygens (including phenoxy) is 1. The predicted octanol–water partition coefficient (Wildman–Crippen LogP) is 2.16. The molecular weight excluding hydrogens is 228 g/mol. The molecule has 92 valence electrons. The summed E-state index contributed by atoms with van der Waals surface area (Å²) in [4.78, 5) is 3.18. The number of nitrogens with two attached hydrogens (primary N) is 1. The number of aryl methyl sites for hydroxylation is 1. The molecule has 3 aromatic rings. The molecule has 0 unspecified atom stereocenters. The van der Waals surface area contributed by atoms with E-state index in [9.17, 15) is 0 Å². The van der Waals surface area contributed by atoms with Crippen LogP contribution in [0.3, 0.4) is 0 Å². The van der Waals surface area contributed by atoms with Gasteiger partial charge in [0.15, 0.2) is 0 Å². The zero-order valence-electron chi connectivity index (χ0n) is 10.3. The summed E-state index contributed by atoms with van der Waals surface area (Å²) >= 11 is 0. The van der Waals surface area contributed by atoms with Crippen molar-refractivity contribution in [3.63, 3.8) is 0 Å². The van der Waals surface area contributed by atoms with Crippen LogP contribution in [0.1, 0.15) is 0 Å². The summed E-state index contributed by atoms with van der Waals surface area (Å²) in [6, 6.07) is 5.95. The van der Waals surface area contributed by atoms with Gasteiger partial charge >= 0.3 is 0 Å².